The van der Waals surface area contributed by atoms with Crippen molar-refractivity contribution in [2.45, 2.75) is 6.54 Å². The zero-order valence-corrected chi connectivity index (χ0v) is 9.99. The normalized spacial score (nSPS) is 12.0. The van der Waals surface area contributed by atoms with E-state index in [1.54, 1.807) is 0 Å². The second-order valence-corrected chi connectivity index (χ2v) is 5.53. The van der Waals surface area contributed by atoms with Crippen molar-refractivity contribution >= 4 is 16.0 Å². The van der Waals surface area contributed by atoms with Gasteiger partial charge in [-0.3, -0.25) is 0 Å². The van der Waals surface area contributed by atoms with Gasteiger partial charge in [0.2, 0.25) is 15.9 Å². The Morgan fingerprint density at radius 2 is 2.12 bits per heavy atom. The standard InChI is InChI=1S/C7H15N5O3S/c1-12(2)16(13,14)4-3-9-7-11-10-6(5-8)15-7/h3-5,8H2,1-2H3,(H,9,11). The first-order valence-electron chi connectivity index (χ1n) is 4.62. The second-order valence-electron chi connectivity index (χ2n) is 3.23. The quantitative estimate of drug-likeness (QED) is 0.653. The molecule has 0 saturated heterocycles. The van der Waals surface area contributed by atoms with E-state index in [1.165, 1.54) is 14.1 Å². The molecule has 0 aliphatic rings. The van der Waals surface area contributed by atoms with Gasteiger partial charge in [0, 0.05) is 20.6 Å². The van der Waals surface area contributed by atoms with E-state index in [-0.39, 0.29) is 24.9 Å². The molecule has 3 N–H and O–H groups in total. The molecular weight excluding hydrogens is 234 g/mol. The van der Waals surface area contributed by atoms with E-state index in [2.05, 4.69) is 15.5 Å². The summed E-state index contributed by atoms with van der Waals surface area (Å²) in [4.78, 5) is 0. The zero-order valence-electron chi connectivity index (χ0n) is 9.17. The van der Waals surface area contributed by atoms with Gasteiger partial charge in [-0.05, 0) is 0 Å². The van der Waals surface area contributed by atoms with Crippen molar-refractivity contribution in [1.29, 1.82) is 0 Å². The third-order valence-electron chi connectivity index (χ3n) is 1.83. The monoisotopic (exact) mass is 249 g/mol. The molecule has 1 aromatic rings. The highest BCUT2D eigenvalue weighted by Gasteiger charge is 2.13. The van der Waals surface area contributed by atoms with Crippen molar-refractivity contribution in [3.63, 3.8) is 0 Å². The first-order chi connectivity index (χ1) is 7.45. The van der Waals surface area contributed by atoms with Gasteiger partial charge >= 0.3 is 6.01 Å². The molecule has 0 aliphatic carbocycles. The Kier molecular flexibility index (Phi) is 4.21. The summed E-state index contributed by atoms with van der Waals surface area (Å²) >= 11 is 0. The van der Waals surface area contributed by atoms with Gasteiger partial charge in [-0.1, -0.05) is 5.10 Å². The molecule has 16 heavy (non-hydrogen) atoms. The topological polar surface area (TPSA) is 114 Å². The van der Waals surface area contributed by atoms with Gasteiger partial charge in [-0.2, -0.15) is 0 Å². The summed E-state index contributed by atoms with van der Waals surface area (Å²) in [6.07, 6.45) is 0. The van der Waals surface area contributed by atoms with E-state index in [1.807, 2.05) is 0 Å². The van der Waals surface area contributed by atoms with E-state index in [0.29, 0.717) is 5.89 Å². The Labute approximate surface area is 93.9 Å². The number of hydrogen-bond acceptors (Lipinski definition) is 7. The number of anilines is 1. The van der Waals surface area contributed by atoms with Crippen LogP contribution in [0.1, 0.15) is 5.89 Å². The summed E-state index contributed by atoms with van der Waals surface area (Å²) in [5.74, 6) is 0.262. The van der Waals surface area contributed by atoms with E-state index in [4.69, 9.17) is 10.2 Å². The van der Waals surface area contributed by atoms with Crippen LogP contribution in [0.4, 0.5) is 6.01 Å². The highest BCUT2D eigenvalue weighted by Crippen LogP contribution is 2.04. The van der Waals surface area contributed by atoms with Crippen molar-refractivity contribution in [3.8, 4) is 0 Å². The van der Waals surface area contributed by atoms with Crippen LogP contribution in [-0.2, 0) is 16.6 Å². The van der Waals surface area contributed by atoms with Crippen molar-refractivity contribution in [2.75, 3.05) is 31.7 Å². The predicted octanol–water partition coefficient (Wildman–Crippen LogP) is -1.17. The van der Waals surface area contributed by atoms with Gasteiger partial charge in [0.05, 0.1) is 12.3 Å². The number of nitrogens with zero attached hydrogens (tertiary/aromatic N) is 3. The van der Waals surface area contributed by atoms with Crippen LogP contribution < -0.4 is 11.1 Å². The van der Waals surface area contributed by atoms with E-state index in [0.717, 1.165) is 4.31 Å². The van der Waals surface area contributed by atoms with Crippen LogP contribution in [0.2, 0.25) is 0 Å². The Hall–Kier alpha value is -1.19. The molecule has 1 aromatic heterocycles. The van der Waals surface area contributed by atoms with E-state index in [9.17, 15) is 8.42 Å². The molecule has 0 saturated carbocycles. The highest BCUT2D eigenvalue weighted by atomic mass is 32.2. The van der Waals surface area contributed by atoms with Crippen LogP contribution in [0.25, 0.3) is 0 Å². The lowest BCUT2D eigenvalue weighted by molar-refractivity contribution is 0.506. The zero-order chi connectivity index (χ0) is 12.2. The highest BCUT2D eigenvalue weighted by molar-refractivity contribution is 7.89. The van der Waals surface area contributed by atoms with Crippen LogP contribution in [0.3, 0.4) is 0 Å². The summed E-state index contributed by atoms with van der Waals surface area (Å²) in [6, 6.07) is 0.175. The van der Waals surface area contributed by atoms with Gasteiger partial charge < -0.3 is 15.5 Å². The second kappa shape index (κ2) is 5.23. The lowest BCUT2D eigenvalue weighted by Crippen LogP contribution is -2.28. The fourth-order valence-electron chi connectivity index (χ4n) is 0.877. The summed E-state index contributed by atoms with van der Waals surface area (Å²) in [5.41, 5.74) is 5.27. The number of aromatic nitrogens is 2. The van der Waals surface area contributed by atoms with Crippen molar-refractivity contribution < 1.29 is 12.8 Å². The molecule has 0 aromatic carbocycles. The maximum absolute atomic E-state index is 11.4. The molecule has 92 valence electrons. The molecule has 0 bridgehead atoms. The SMILES string of the molecule is CN(C)S(=O)(=O)CCNc1nnc(CN)o1. The molecule has 8 nitrogen and oxygen atoms in total. The molecule has 9 heteroatoms. The van der Waals surface area contributed by atoms with E-state index >= 15 is 0 Å². The minimum absolute atomic E-state index is 0.0413. The molecule has 0 fully saturated rings. The molecule has 0 unspecified atom stereocenters. The molecule has 0 radical (unpaired) electrons. The molecule has 1 heterocycles. The number of nitrogens with one attached hydrogen (secondary N) is 1. The number of nitrogens with two attached hydrogens (primary N) is 1. The molecular formula is C7H15N5O3S. The van der Waals surface area contributed by atoms with Crippen LogP contribution in [0.15, 0.2) is 4.42 Å². The first kappa shape index (κ1) is 12.9. The number of sulfonamides is 1. The third-order valence-corrected chi connectivity index (χ3v) is 3.67. The van der Waals surface area contributed by atoms with Gasteiger partial charge in [0.1, 0.15) is 0 Å². The van der Waals surface area contributed by atoms with Crippen LogP contribution in [0.5, 0.6) is 0 Å². The summed E-state index contributed by atoms with van der Waals surface area (Å²) in [6.45, 7) is 0.359. The number of rotatable bonds is 6. The molecule has 0 amide bonds. The minimum atomic E-state index is -3.21. The largest absolute Gasteiger partial charge is 0.407 e. The lowest BCUT2D eigenvalue weighted by Gasteiger charge is -2.10. The minimum Gasteiger partial charge on any atom is -0.407 e. The van der Waals surface area contributed by atoms with Crippen molar-refractivity contribution in [1.82, 2.24) is 14.5 Å². The summed E-state index contributed by atoms with van der Waals surface area (Å²) in [7, 11) is -0.249. The van der Waals surface area contributed by atoms with Gasteiger partial charge in [0.15, 0.2) is 0 Å². The van der Waals surface area contributed by atoms with E-state index < -0.39 is 10.0 Å². The maximum atomic E-state index is 11.4. The molecule has 0 aliphatic heterocycles. The van der Waals surface area contributed by atoms with Gasteiger partial charge in [-0.15, -0.1) is 5.10 Å². The third kappa shape index (κ3) is 3.43. The van der Waals surface area contributed by atoms with Crippen LogP contribution in [-0.4, -0.2) is 49.3 Å². The number of hydrogen-bond donors (Lipinski definition) is 2. The molecule has 0 atom stereocenters. The summed E-state index contributed by atoms with van der Waals surface area (Å²) in [5, 5.41) is 9.96. The lowest BCUT2D eigenvalue weighted by atomic mass is 10.7. The molecule has 0 spiro atoms. The van der Waals surface area contributed by atoms with Crippen molar-refractivity contribution in [2.24, 2.45) is 5.73 Å². The van der Waals surface area contributed by atoms with Gasteiger partial charge in [0.25, 0.3) is 0 Å². The Morgan fingerprint density at radius 3 is 2.62 bits per heavy atom. The Balaban J connectivity index is 2.42. The average molecular weight is 249 g/mol. The smallest absolute Gasteiger partial charge is 0.315 e. The molecule has 1 rings (SSSR count). The first-order valence-corrected chi connectivity index (χ1v) is 6.23. The maximum Gasteiger partial charge on any atom is 0.315 e. The van der Waals surface area contributed by atoms with Crippen LogP contribution >= 0.6 is 0 Å². The van der Waals surface area contributed by atoms with Crippen molar-refractivity contribution in [3.05, 3.63) is 5.89 Å². The fraction of sp³-hybridized carbons (Fsp3) is 0.714. The van der Waals surface area contributed by atoms with Crippen LogP contribution in [0, 0.1) is 0 Å². The van der Waals surface area contributed by atoms with Gasteiger partial charge in [-0.25, -0.2) is 12.7 Å². The predicted molar refractivity (Wildman–Crippen MR) is 58.2 cm³/mol. The Bertz CT molecular complexity index is 427. The average Bonchev–Trinajstić information content (AvgIpc) is 2.65. The Morgan fingerprint density at radius 1 is 1.44 bits per heavy atom. The fourth-order valence-corrected chi connectivity index (χ4v) is 1.60. The summed E-state index contributed by atoms with van der Waals surface area (Å²) < 4.78 is 29.0.